The maximum Gasteiger partial charge on any atom is 0.164 e. The normalized spacial score (nSPS) is 11.3. The van der Waals surface area contributed by atoms with Crippen LogP contribution >= 0.6 is 0 Å². The van der Waals surface area contributed by atoms with Crippen LogP contribution in [0.5, 0.6) is 0 Å². The van der Waals surface area contributed by atoms with Crippen molar-refractivity contribution in [1.82, 2.24) is 0 Å². The summed E-state index contributed by atoms with van der Waals surface area (Å²) in [6, 6.07) is 60.3. The van der Waals surface area contributed by atoms with Gasteiger partial charge in [-0.25, -0.2) is 11.8 Å². The fraction of sp³-hybridized carbons (Fsp3) is 0.0526. The second kappa shape index (κ2) is 13.7. The van der Waals surface area contributed by atoms with Crippen LogP contribution in [0.15, 0.2) is 182 Å². The number of hydrogen-bond acceptors (Lipinski definition) is 4. The highest BCUT2D eigenvalue weighted by Crippen LogP contribution is 2.40. The van der Waals surface area contributed by atoms with Crippen LogP contribution in [0.2, 0.25) is 0 Å². The first-order chi connectivity index (χ1) is 20.8. The molecule has 208 valence electrons. The molecule has 4 heteroatoms. The first-order valence-corrected chi connectivity index (χ1v) is 13.8. The van der Waals surface area contributed by atoms with Gasteiger partial charge in [0, 0.05) is 0 Å². The highest BCUT2D eigenvalue weighted by atomic mass is 16.6. The van der Waals surface area contributed by atoms with Crippen molar-refractivity contribution in [3.8, 4) is 0 Å². The van der Waals surface area contributed by atoms with E-state index >= 15 is 0 Å². The van der Waals surface area contributed by atoms with Gasteiger partial charge in [-0.3, -0.25) is 9.68 Å². The zero-order valence-electron chi connectivity index (χ0n) is 23.3. The summed E-state index contributed by atoms with van der Waals surface area (Å²) in [6.45, 7) is 0. The summed E-state index contributed by atoms with van der Waals surface area (Å²) < 4.78 is 0. The molecule has 4 nitrogen and oxygen atoms in total. The Morgan fingerprint density at radius 1 is 0.262 bits per heavy atom. The molecule has 0 amide bonds. The predicted molar refractivity (Wildman–Crippen MR) is 169 cm³/mol. The second-order valence-corrected chi connectivity index (χ2v) is 9.79. The van der Waals surface area contributed by atoms with Gasteiger partial charge in [0.15, 0.2) is 11.2 Å². The average molecular weight is 551 g/mol. The summed E-state index contributed by atoms with van der Waals surface area (Å²) in [5, 5.41) is 0. The topological polar surface area (TPSA) is 70.5 Å². The van der Waals surface area contributed by atoms with Crippen molar-refractivity contribution >= 4 is 0 Å². The number of rotatable bonds is 8. The lowest BCUT2D eigenvalue weighted by atomic mass is 9.80. The molecule has 0 aromatic heterocycles. The van der Waals surface area contributed by atoms with Crippen LogP contribution in [0.1, 0.15) is 33.4 Å². The Kier molecular flexibility index (Phi) is 9.34. The van der Waals surface area contributed by atoms with Crippen molar-refractivity contribution in [2.45, 2.75) is 11.2 Å². The molecule has 0 unspecified atom stereocenters. The Bertz CT molecular complexity index is 1290. The Morgan fingerprint density at radius 3 is 0.524 bits per heavy atom. The summed E-state index contributed by atoms with van der Waals surface area (Å²) in [5.74, 6) is 11.6. The van der Waals surface area contributed by atoms with Crippen LogP contribution in [0, 0.1) is 0 Å². The van der Waals surface area contributed by atoms with E-state index in [2.05, 4.69) is 0 Å². The molecule has 0 aliphatic rings. The second-order valence-electron chi connectivity index (χ2n) is 9.79. The smallest absolute Gasteiger partial charge is 0.164 e. The molecule has 0 saturated heterocycles. The molecule has 6 aromatic carbocycles. The van der Waals surface area contributed by atoms with Gasteiger partial charge >= 0.3 is 0 Å². The molecule has 0 atom stereocenters. The molecule has 0 heterocycles. The van der Waals surface area contributed by atoms with Crippen molar-refractivity contribution in [3.05, 3.63) is 215 Å². The van der Waals surface area contributed by atoms with Gasteiger partial charge in [0.1, 0.15) is 0 Å². The van der Waals surface area contributed by atoms with Crippen molar-refractivity contribution < 1.29 is 9.68 Å². The molecule has 4 N–H and O–H groups in total. The molecule has 6 aromatic rings. The van der Waals surface area contributed by atoms with E-state index in [1.807, 2.05) is 182 Å². The molecule has 0 aliphatic carbocycles. The molecule has 0 fully saturated rings. The zero-order valence-corrected chi connectivity index (χ0v) is 23.3. The van der Waals surface area contributed by atoms with Gasteiger partial charge in [-0.05, 0) is 33.4 Å². The van der Waals surface area contributed by atoms with Gasteiger partial charge in [-0.1, -0.05) is 182 Å². The summed E-state index contributed by atoms with van der Waals surface area (Å²) in [5.41, 5.74) is 4.42. The lowest BCUT2D eigenvalue weighted by Crippen LogP contribution is -2.35. The van der Waals surface area contributed by atoms with E-state index in [0.717, 1.165) is 33.4 Å². The first kappa shape index (κ1) is 28.7. The summed E-state index contributed by atoms with van der Waals surface area (Å²) in [4.78, 5) is 11.2. The van der Waals surface area contributed by atoms with Gasteiger partial charge in [-0.15, -0.1) is 0 Å². The molecular formula is C38H34N2O2. The maximum atomic E-state index is 5.80. The van der Waals surface area contributed by atoms with E-state index in [-0.39, 0.29) is 0 Å². The third-order valence-electron chi connectivity index (χ3n) is 7.44. The van der Waals surface area contributed by atoms with Gasteiger partial charge in [0.2, 0.25) is 0 Å². The number of hydrogen-bond donors (Lipinski definition) is 2. The van der Waals surface area contributed by atoms with Crippen LogP contribution in [-0.2, 0) is 20.9 Å². The van der Waals surface area contributed by atoms with Crippen LogP contribution in [0.25, 0.3) is 0 Å². The Balaban J connectivity index is 0.000000168. The van der Waals surface area contributed by atoms with E-state index in [9.17, 15) is 0 Å². The van der Waals surface area contributed by atoms with Gasteiger partial charge in [0.25, 0.3) is 0 Å². The first-order valence-electron chi connectivity index (χ1n) is 13.8. The van der Waals surface area contributed by atoms with E-state index in [1.165, 1.54) is 0 Å². The fourth-order valence-electron chi connectivity index (χ4n) is 5.45. The Hall–Kier alpha value is -4.84. The van der Waals surface area contributed by atoms with Crippen LogP contribution in [0.4, 0.5) is 0 Å². The fourth-order valence-corrected chi connectivity index (χ4v) is 5.45. The molecule has 0 saturated carbocycles. The Morgan fingerprint density at radius 2 is 0.405 bits per heavy atom. The standard InChI is InChI=1S/2C19H17NO/c2*20-21-19(16-10-4-1-5-11-16,17-12-6-2-7-13-17)18-14-8-3-9-15-18/h2*1-15H,20H2. The third kappa shape index (κ3) is 5.66. The Labute approximate surface area is 247 Å². The average Bonchev–Trinajstić information content (AvgIpc) is 3.09. The molecule has 42 heavy (non-hydrogen) atoms. The molecule has 0 bridgehead atoms. The third-order valence-corrected chi connectivity index (χ3v) is 7.44. The summed E-state index contributed by atoms with van der Waals surface area (Å²) >= 11 is 0. The summed E-state index contributed by atoms with van der Waals surface area (Å²) in [7, 11) is 0. The lowest BCUT2D eigenvalue weighted by Gasteiger charge is -2.33. The van der Waals surface area contributed by atoms with Crippen LogP contribution < -0.4 is 11.8 Å². The minimum absolute atomic E-state index is 0.802. The van der Waals surface area contributed by atoms with Crippen molar-refractivity contribution in [2.75, 3.05) is 0 Å². The van der Waals surface area contributed by atoms with E-state index in [1.54, 1.807) is 0 Å². The largest absolute Gasteiger partial charge is 0.283 e. The van der Waals surface area contributed by atoms with Crippen molar-refractivity contribution in [1.29, 1.82) is 0 Å². The van der Waals surface area contributed by atoms with Crippen molar-refractivity contribution in [2.24, 2.45) is 11.8 Å². The highest BCUT2D eigenvalue weighted by molar-refractivity contribution is 5.48. The minimum Gasteiger partial charge on any atom is -0.283 e. The predicted octanol–water partition coefficient (Wildman–Crippen LogP) is 7.74. The molecule has 0 spiro atoms. The maximum absolute atomic E-state index is 5.80. The van der Waals surface area contributed by atoms with Gasteiger partial charge < -0.3 is 0 Å². The van der Waals surface area contributed by atoms with Gasteiger partial charge in [-0.2, -0.15) is 0 Å². The number of nitrogens with two attached hydrogens (primary N) is 2. The summed E-state index contributed by atoms with van der Waals surface area (Å²) in [6.07, 6.45) is 0. The van der Waals surface area contributed by atoms with E-state index in [0.29, 0.717) is 0 Å². The van der Waals surface area contributed by atoms with Crippen molar-refractivity contribution in [3.63, 3.8) is 0 Å². The zero-order chi connectivity index (χ0) is 29.1. The SMILES string of the molecule is NOC(c1ccccc1)(c1ccccc1)c1ccccc1.NOC(c1ccccc1)(c1ccccc1)c1ccccc1. The van der Waals surface area contributed by atoms with Crippen LogP contribution in [-0.4, -0.2) is 0 Å². The quantitative estimate of drug-likeness (QED) is 0.150. The molecule has 0 radical (unpaired) electrons. The highest BCUT2D eigenvalue weighted by Gasteiger charge is 2.38. The van der Waals surface area contributed by atoms with Gasteiger partial charge in [0.05, 0.1) is 0 Å². The monoisotopic (exact) mass is 550 g/mol. The molecule has 6 rings (SSSR count). The molecular weight excluding hydrogens is 516 g/mol. The lowest BCUT2D eigenvalue weighted by molar-refractivity contribution is 0.0117. The molecule has 0 aliphatic heterocycles. The number of benzene rings is 6. The minimum atomic E-state index is -0.802. The van der Waals surface area contributed by atoms with E-state index in [4.69, 9.17) is 21.5 Å². The van der Waals surface area contributed by atoms with Crippen LogP contribution in [0.3, 0.4) is 0 Å². The van der Waals surface area contributed by atoms with E-state index < -0.39 is 11.2 Å².